The molecule has 1 aromatic heterocycles. The van der Waals surface area contributed by atoms with E-state index in [9.17, 15) is 0 Å². The molecule has 0 aliphatic carbocycles. The van der Waals surface area contributed by atoms with Crippen LogP contribution in [0.4, 0.5) is 0 Å². The third kappa shape index (κ3) is 2.65. The molecule has 2 aromatic rings. The first-order valence-electron chi connectivity index (χ1n) is 7.38. The zero-order valence-electron chi connectivity index (χ0n) is 12.4. The molecule has 1 aromatic carbocycles. The molecule has 0 saturated carbocycles. The Hall–Kier alpha value is -1.58. The van der Waals surface area contributed by atoms with E-state index >= 15 is 0 Å². The van der Waals surface area contributed by atoms with Crippen molar-refractivity contribution < 1.29 is 0 Å². The Kier molecular flexibility index (Phi) is 3.90. The van der Waals surface area contributed by atoms with E-state index in [-0.39, 0.29) is 0 Å². The van der Waals surface area contributed by atoms with E-state index in [1.165, 1.54) is 22.0 Å². The van der Waals surface area contributed by atoms with Gasteiger partial charge in [0.15, 0.2) is 0 Å². The smallest absolute Gasteiger partial charge is 0.0487 e. The van der Waals surface area contributed by atoms with Crippen LogP contribution in [-0.4, -0.2) is 43.2 Å². The number of rotatable bonds is 4. The van der Waals surface area contributed by atoms with Crippen LogP contribution in [0.2, 0.25) is 0 Å². The molecule has 0 fully saturated rings. The predicted octanol–water partition coefficient (Wildman–Crippen LogP) is 2.58. The maximum absolute atomic E-state index is 3.39. The zero-order valence-corrected chi connectivity index (χ0v) is 12.4. The van der Waals surface area contributed by atoms with Crippen LogP contribution in [0.15, 0.2) is 36.5 Å². The van der Waals surface area contributed by atoms with Gasteiger partial charge in [-0.2, -0.15) is 0 Å². The first-order chi connectivity index (χ1) is 9.75. The van der Waals surface area contributed by atoms with E-state index in [4.69, 9.17) is 0 Å². The average Bonchev–Trinajstić information content (AvgIpc) is 2.85. The summed E-state index contributed by atoms with van der Waals surface area (Å²) in [7, 11) is 4.25. The first-order valence-corrected chi connectivity index (χ1v) is 7.38. The lowest BCUT2D eigenvalue weighted by Crippen LogP contribution is -2.20. The summed E-state index contributed by atoms with van der Waals surface area (Å²) in [5.41, 5.74) is 4.26. The minimum Gasteiger partial charge on any atom is -0.346 e. The number of likely N-dealkylation sites (N-methyl/N-ethyl adjacent to an activating group) is 1. The summed E-state index contributed by atoms with van der Waals surface area (Å²) >= 11 is 0. The van der Waals surface area contributed by atoms with Crippen LogP contribution >= 0.6 is 0 Å². The second kappa shape index (κ2) is 5.81. The van der Waals surface area contributed by atoms with Crippen molar-refractivity contribution in [1.29, 1.82) is 0 Å². The fourth-order valence-corrected chi connectivity index (χ4v) is 2.86. The van der Waals surface area contributed by atoms with Crippen molar-refractivity contribution >= 4 is 16.5 Å². The van der Waals surface area contributed by atoms with Crippen molar-refractivity contribution in [2.24, 2.45) is 0 Å². The first kappa shape index (κ1) is 13.4. The van der Waals surface area contributed by atoms with Gasteiger partial charge in [-0.1, -0.05) is 24.3 Å². The van der Waals surface area contributed by atoms with E-state index in [1.807, 2.05) is 0 Å². The topological polar surface area (TPSA) is 20.2 Å². The maximum Gasteiger partial charge on any atom is 0.0487 e. The van der Waals surface area contributed by atoms with Crippen molar-refractivity contribution in [2.75, 3.05) is 33.7 Å². The van der Waals surface area contributed by atoms with E-state index in [0.717, 1.165) is 32.6 Å². The van der Waals surface area contributed by atoms with E-state index < -0.39 is 0 Å². The van der Waals surface area contributed by atoms with E-state index in [1.54, 1.807) is 0 Å². The predicted molar refractivity (Wildman–Crippen MR) is 86.0 cm³/mol. The lowest BCUT2D eigenvalue weighted by molar-refractivity contribution is 0.387. The van der Waals surface area contributed by atoms with Crippen molar-refractivity contribution in [3.8, 4) is 0 Å². The Morgan fingerprint density at radius 1 is 1.25 bits per heavy atom. The molecular formula is C17H23N3. The lowest BCUT2D eigenvalue weighted by Gasteiger charge is -2.13. The quantitative estimate of drug-likeness (QED) is 0.920. The molecule has 0 bridgehead atoms. The van der Waals surface area contributed by atoms with Crippen LogP contribution in [0.3, 0.4) is 0 Å². The Bertz CT molecular complexity index is 622. The number of hydrogen-bond donors (Lipinski definition) is 1. The molecule has 0 radical (unpaired) electrons. The number of nitrogens with one attached hydrogen (secondary N) is 1. The SMILES string of the molecule is CN(C)CCn1cc(C2=CCNCC2)c2ccccc21. The van der Waals surface area contributed by atoms with Crippen molar-refractivity contribution in [3.63, 3.8) is 0 Å². The number of hydrogen-bond acceptors (Lipinski definition) is 2. The fourth-order valence-electron chi connectivity index (χ4n) is 2.86. The minimum atomic E-state index is 0.993. The highest BCUT2D eigenvalue weighted by molar-refractivity contribution is 5.93. The van der Waals surface area contributed by atoms with Gasteiger partial charge in [0, 0.05) is 42.3 Å². The molecule has 3 heteroatoms. The summed E-state index contributed by atoms with van der Waals surface area (Å²) in [6.45, 7) is 4.19. The van der Waals surface area contributed by atoms with Gasteiger partial charge >= 0.3 is 0 Å². The van der Waals surface area contributed by atoms with Gasteiger partial charge < -0.3 is 14.8 Å². The van der Waals surface area contributed by atoms with Crippen molar-refractivity contribution in [2.45, 2.75) is 13.0 Å². The number of para-hydroxylation sites is 1. The van der Waals surface area contributed by atoms with Crippen LogP contribution in [0.1, 0.15) is 12.0 Å². The summed E-state index contributed by atoms with van der Waals surface area (Å²) in [6, 6.07) is 8.76. The highest BCUT2D eigenvalue weighted by Crippen LogP contribution is 2.29. The highest BCUT2D eigenvalue weighted by Gasteiger charge is 2.13. The molecule has 2 heterocycles. The second-order valence-electron chi connectivity index (χ2n) is 5.74. The number of nitrogens with zero attached hydrogens (tertiary/aromatic N) is 2. The van der Waals surface area contributed by atoms with Gasteiger partial charge in [-0.15, -0.1) is 0 Å². The van der Waals surface area contributed by atoms with Gasteiger partial charge in [-0.25, -0.2) is 0 Å². The molecule has 20 heavy (non-hydrogen) atoms. The van der Waals surface area contributed by atoms with Gasteiger partial charge in [-0.05, 0) is 38.7 Å². The van der Waals surface area contributed by atoms with E-state index in [2.05, 4.69) is 65.4 Å². The Labute approximate surface area is 120 Å². The largest absolute Gasteiger partial charge is 0.346 e. The summed E-state index contributed by atoms with van der Waals surface area (Å²) in [6.07, 6.45) is 5.80. The molecule has 0 spiro atoms. The summed E-state index contributed by atoms with van der Waals surface area (Å²) < 4.78 is 2.40. The Morgan fingerprint density at radius 2 is 2.10 bits per heavy atom. The van der Waals surface area contributed by atoms with Gasteiger partial charge in [-0.3, -0.25) is 0 Å². The van der Waals surface area contributed by atoms with Gasteiger partial charge in [0.2, 0.25) is 0 Å². The molecule has 0 unspecified atom stereocenters. The monoisotopic (exact) mass is 269 g/mol. The molecule has 1 aliphatic rings. The van der Waals surface area contributed by atoms with Crippen molar-refractivity contribution in [3.05, 3.63) is 42.1 Å². The molecule has 0 atom stereocenters. The van der Waals surface area contributed by atoms with E-state index in [0.29, 0.717) is 0 Å². The summed E-state index contributed by atoms with van der Waals surface area (Å²) in [5.74, 6) is 0. The van der Waals surface area contributed by atoms with Crippen LogP contribution in [0, 0.1) is 0 Å². The fraction of sp³-hybridized carbons (Fsp3) is 0.412. The molecule has 3 rings (SSSR count). The Balaban J connectivity index is 2.01. The summed E-state index contributed by atoms with van der Waals surface area (Å²) in [5, 5.41) is 4.78. The molecule has 1 N–H and O–H groups in total. The third-order valence-electron chi connectivity index (χ3n) is 3.99. The normalized spacial score (nSPS) is 15.8. The lowest BCUT2D eigenvalue weighted by atomic mass is 10.00. The molecule has 0 amide bonds. The average molecular weight is 269 g/mol. The van der Waals surface area contributed by atoms with Gasteiger partial charge in [0.25, 0.3) is 0 Å². The highest BCUT2D eigenvalue weighted by atomic mass is 15.1. The second-order valence-corrected chi connectivity index (χ2v) is 5.74. The van der Waals surface area contributed by atoms with Gasteiger partial charge in [0.05, 0.1) is 0 Å². The third-order valence-corrected chi connectivity index (χ3v) is 3.99. The number of aromatic nitrogens is 1. The molecule has 3 nitrogen and oxygen atoms in total. The van der Waals surface area contributed by atoms with Crippen LogP contribution in [0.5, 0.6) is 0 Å². The standard InChI is InChI=1S/C17H23N3/c1-19(2)11-12-20-13-16(14-7-9-18-10-8-14)15-5-3-4-6-17(15)20/h3-7,13,18H,8-12H2,1-2H3. The zero-order chi connectivity index (χ0) is 13.9. The maximum atomic E-state index is 3.39. The van der Waals surface area contributed by atoms with Crippen molar-refractivity contribution in [1.82, 2.24) is 14.8 Å². The molecule has 1 aliphatic heterocycles. The Morgan fingerprint density at radius 3 is 2.85 bits per heavy atom. The summed E-state index contributed by atoms with van der Waals surface area (Å²) in [4.78, 5) is 2.23. The minimum absolute atomic E-state index is 0.993. The number of benzene rings is 1. The van der Waals surface area contributed by atoms with Crippen LogP contribution < -0.4 is 5.32 Å². The van der Waals surface area contributed by atoms with Gasteiger partial charge in [0.1, 0.15) is 0 Å². The molecule has 0 saturated heterocycles. The van der Waals surface area contributed by atoms with Crippen LogP contribution in [0.25, 0.3) is 16.5 Å². The number of fused-ring (bicyclic) bond motifs is 1. The molecular weight excluding hydrogens is 246 g/mol. The molecule has 106 valence electrons. The van der Waals surface area contributed by atoms with Crippen LogP contribution in [-0.2, 0) is 6.54 Å².